The van der Waals surface area contributed by atoms with Crippen LogP contribution in [-0.4, -0.2) is 0 Å². The minimum Gasteiger partial charge on any atom is -0.378 e. The van der Waals surface area contributed by atoms with Crippen LogP contribution in [0.15, 0.2) is 34.8 Å². The van der Waals surface area contributed by atoms with E-state index in [9.17, 15) is 13.2 Å². The summed E-state index contributed by atoms with van der Waals surface area (Å²) >= 11 is 2.96. The first-order valence-electron chi connectivity index (χ1n) is 5.59. The van der Waals surface area contributed by atoms with E-state index in [1.807, 2.05) is 0 Å². The van der Waals surface area contributed by atoms with Gasteiger partial charge in [0.1, 0.15) is 17.5 Å². The lowest BCUT2D eigenvalue weighted by Crippen LogP contribution is -2.06. The van der Waals surface area contributed by atoms with Crippen molar-refractivity contribution in [2.45, 2.75) is 6.54 Å². The number of nitrogens with zero attached hydrogens (tertiary/aromatic N) is 1. The van der Waals surface area contributed by atoms with E-state index < -0.39 is 17.5 Å². The van der Waals surface area contributed by atoms with Crippen molar-refractivity contribution in [1.29, 1.82) is 5.26 Å². The van der Waals surface area contributed by atoms with Crippen LogP contribution >= 0.6 is 15.9 Å². The van der Waals surface area contributed by atoms with Crippen LogP contribution in [0.4, 0.5) is 18.9 Å². The van der Waals surface area contributed by atoms with Crippen molar-refractivity contribution in [3.63, 3.8) is 0 Å². The third-order valence-corrected chi connectivity index (χ3v) is 3.31. The van der Waals surface area contributed by atoms with Gasteiger partial charge in [0.2, 0.25) is 0 Å². The van der Waals surface area contributed by atoms with Gasteiger partial charge in [0, 0.05) is 12.1 Å². The molecule has 2 aromatic carbocycles. The molecule has 0 atom stereocenters. The normalized spacial score (nSPS) is 10.2. The van der Waals surface area contributed by atoms with Gasteiger partial charge in [0.05, 0.1) is 21.8 Å². The number of halogens is 4. The third-order valence-electron chi connectivity index (χ3n) is 2.69. The van der Waals surface area contributed by atoms with Gasteiger partial charge in [-0.2, -0.15) is 5.26 Å². The Morgan fingerprint density at radius 2 is 1.85 bits per heavy atom. The predicted molar refractivity (Wildman–Crippen MR) is 72.5 cm³/mol. The van der Waals surface area contributed by atoms with Crippen LogP contribution < -0.4 is 5.32 Å². The number of hydrogen-bond acceptors (Lipinski definition) is 2. The molecular weight excluding hydrogens is 333 g/mol. The Bertz CT molecular complexity index is 696. The quantitative estimate of drug-likeness (QED) is 0.843. The first kappa shape index (κ1) is 14.4. The van der Waals surface area contributed by atoms with Crippen LogP contribution in [0.3, 0.4) is 0 Å². The van der Waals surface area contributed by atoms with Gasteiger partial charge in [-0.05, 0) is 46.3 Å². The highest BCUT2D eigenvalue weighted by Gasteiger charge is 2.13. The molecule has 20 heavy (non-hydrogen) atoms. The van der Waals surface area contributed by atoms with E-state index in [-0.39, 0.29) is 27.8 Å². The largest absolute Gasteiger partial charge is 0.378 e. The standard InChI is InChI=1S/C14H8BrF3N2/c15-10-2-3-11(16)9(14(10)18)7-20-13-4-1-8(6-19)5-12(13)17/h1-5,20H,7H2. The summed E-state index contributed by atoms with van der Waals surface area (Å²) in [4.78, 5) is 0. The van der Waals surface area contributed by atoms with E-state index in [0.29, 0.717) is 0 Å². The maximum Gasteiger partial charge on any atom is 0.147 e. The number of hydrogen-bond donors (Lipinski definition) is 1. The van der Waals surface area contributed by atoms with Crippen molar-refractivity contribution in [2.75, 3.05) is 5.32 Å². The van der Waals surface area contributed by atoms with E-state index >= 15 is 0 Å². The van der Waals surface area contributed by atoms with Crippen molar-refractivity contribution >= 4 is 21.6 Å². The Morgan fingerprint density at radius 3 is 2.50 bits per heavy atom. The van der Waals surface area contributed by atoms with Crippen LogP contribution in [0.5, 0.6) is 0 Å². The molecule has 0 saturated heterocycles. The van der Waals surface area contributed by atoms with Crippen LogP contribution in [0.25, 0.3) is 0 Å². The van der Waals surface area contributed by atoms with Gasteiger partial charge in [0.25, 0.3) is 0 Å². The summed E-state index contributed by atoms with van der Waals surface area (Å²) in [6, 6.07) is 8.00. The monoisotopic (exact) mass is 340 g/mol. The fourth-order valence-corrected chi connectivity index (χ4v) is 2.01. The number of nitrogens with one attached hydrogen (secondary N) is 1. The molecule has 0 amide bonds. The van der Waals surface area contributed by atoms with Gasteiger partial charge in [-0.3, -0.25) is 0 Å². The molecule has 0 spiro atoms. The highest BCUT2D eigenvalue weighted by atomic mass is 79.9. The molecule has 2 aromatic rings. The smallest absolute Gasteiger partial charge is 0.147 e. The van der Waals surface area contributed by atoms with Crippen LogP contribution in [-0.2, 0) is 6.54 Å². The molecule has 0 aliphatic carbocycles. The average molecular weight is 341 g/mol. The van der Waals surface area contributed by atoms with E-state index in [1.165, 1.54) is 18.2 Å². The number of benzene rings is 2. The molecule has 0 saturated carbocycles. The summed E-state index contributed by atoms with van der Waals surface area (Å²) in [6.07, 6.45) is 0. The lowest BCUT2D eigenvalue weighted by atomic mass is 10.1. The Kier molecular flexibility index (Phi) is 4.30. The molecule has 2 rings (SSSR count). The van der Waals surface area contributed by atoms with Gasteiger partial charge in [-0.15, -0.1) is 0 Å². The molecule has 0 fully saturated rings. The second-order valence-corrected chi connectivity index (χ2v) is 4.84. The van der Waals surface area contributed by atoms with Gasteiger partial charge >= 0.3 is 0 Å². The van der Waals surface area contributed by atoms with Gasteiger partial charge in [-0.1, -0.05) is 0 Å². The van der Waals surface area contributed by atoms with Gasteiger partial charge in [-0.25, -0.2) is 13.2 Å². The zero-order chi connectivity index (χ0) is 14.7. The Morgan fingerprint density at radius 1 is 1.10 bits per heavy atom. The van der Waals surface area contributed by atoms with Crippen molar-refractivity contribution in [3.8, 4) is 6.07 Å². The zero-order valence-electron chi connectivity index (χ0n) is 10.1. The Hall–Kier alpha value is -2.00. The molecule has 0 radical (unpaired) electrons. The van der Waals surface area contributed by atoms with Crippen LogP contribution in [0.1, 0.15) is 11.1 Å². The minimum absolute atomic E-state index is 0.0720. The number of nitriles is 1. The van der Waals surface area contributed by atoms with Crippen molar-refractivity contribution in [1.82, 2.24) is 0 Å². The maximum atomic E-state index is 13.7. The third kappa shape index (κ3) is 2.94. The summed E-state index contributed by atoms with van der Waals surface area (Å²) in [5, 5.41) is 11.2. The number of anilines is 1. The molecule has 0 aliphatic rings. The first-order valence-corrected chi connectivity index (χ1v) is 6.38. The predicted octanol–water partition coefficient (Wildman–Crippen LogP) is 4.35. The topological polar surface area (TPSA) is 35.8 Å². The summed E-state index contributed by atoms with van der Waals surface area (Å²) in [5.74, 6) is -2.10. The van der Waals surface area contributed by atoms with E-state index in [0.717, 1.165) is 12.1 Å². The van der Waals surface area contributed by atoms with Crippen molar-refractivity contribution in [2.24, 2.45) is 0 Å². The first-order chi connectivity index (χ1) is 9.52. The van der Waals surface area contributed by atoms with Crippen molar-refractivity contribution < 1.29 is 13.2 Å². The minimum atomic E-state index is -0.730. The molecule has 1 N–H and O–H groups in total. The highest BCUT2D eigenvalue weighted by Crippen LogP contribution is 2.23. The van der Waals surface area contributed by atoms with Crippen LogP contribution in [0.2, 0.25) is 0 Å². The molecule has 102 valence electrons. The second kappa shape index (κ2) is 5.97. The molecule has 0 aliphatic heterocycles. The number of rotatable bonds is 3. The lowest BCUT2D eigenvalue weighted by Gasteiger charge is -2.10. The van der Waals surface area contributed by atoms with E-state index in [2.05, 4.69) is 21.2 Å². The maximum absolute atomic E-state index is 13.7. The molecular formula is C14H8BrF3N2. The van der Waals surface area contributed by atoms with Gasteiger partial charge < -0.3 is 5.32 Å². The summed E-state index contributed by atoms with van der Waals surface area (Å²) < 4.78 is 41.0. The van der Waals surface area contributed by atoms with E-state index in [1.54, 1.807) is 6.07 Å². The SMILES string of the molecule is N#Cc1ccc(NCc2c(F)ccc(Br)c2F)c(F)c1. The molecule has 0 aromatic heterocycles. The zero-order valence-corrected chi connectivity index (χ0v) is 11.6. The average Bonchev–Trinajstić information content (AvgIpc) is 2.44. The molecule has 0 bridgehead atoms. The Labute approximate surface area is 122 Å². The summed E-state index contributed by atoms with van der Waals surface area (Å²) in [7, 11) is 0. The molecule has 2 nitrogen and oxygen atoms in total. The Balaban J connectivity index is 2.22. The fourth-order valence-electron chi connectivity index (χ4n) is 1.64. The fraction of sp³-hybridized carbons (Fsp3) is 0.0714. The van der Waals surface area contributed by atoms with Gasteiger partial charge in [0.15, 0.2) is 0 Å². The summed E-state index contributed by atoms with van der Waals surface area (Å²) in [5.41, 5.74) is 0.0544. The second-order valence-electron chi connectivity index (χ2n) is 3.98. The van der Waals surface area contributed by atoms with Crippen molar-refractivity contribution in [3.05, 3.63) is 63.4 Å². The highest BCUT2D eigenvalue weighted by molar-refractivity contribution is 9.10. The lowest BCUT2D eigenvalue weighted by molar-refractivity contribution is 0.555. The summed E-state index contributed by atoms with van der Waals surface area (Å²) in [6.45, 7) is -0.208. The molecule has 0 unspecified atom stereocenters. The van der Waals surface area contributed by atoms with Crippen LogP contribution in [0, 0.1) is 28.8 Å². The van der Waals surface area contributed by atoms with E-state index in [4.69, 9.17) is 5.26 Å². The molecule has 0 heterocycles. The molecule has 6 heteroatoms.